The summed E-state index contributed by atoms with van der Waals surface area (Å²) >= 11 is 1.73. The zero-order valence-electron chi connectivity index (χ0n) is 14.6. The maximum Gasteiger partial charge on any atom is 0.234 e. The molecule has 2 fully saturated rings. The summed E-state index contributed by atoms with van der Waals surface area (Å²) in [6, 6.07) is 4.21. The summed E-state index contributed by atoms with van der Waals surface area (Å²) in [5.41, 5.74) is -0.289. The Morgan fingerprint density at radius 1 is 1.29 bits per heavy atom. The van der Waals surface area contributed by atoms with Gasteiger partial charge in [0.1, 0.15) is 0 Å². The van der Waals surface area contributed by atoms with E-state index in [0.717, 1.165) is 51.6 Å². The maximum absolute atomic E-state index is 13.5. The van der Waals surface area contributed by atoms with Crippen LogP contribution in [0.5, 0.6) is 0 Å². The van der Waals surface area contributed by atoms with E-state index in [0.29, 0.717) is 18.4 Å². The fourth-order valence-corrected chi connectivity index (χ4v) is 5.26. The van der Waals surface area contributed by atoms with E-state index in [2.05, 4.69) is 27.7 Å². The van der Waals surface area contributed by atoms with Crippen molar-refractivity contribution in [1.82, 2.24) is 10.2 Å². The summed E-state index contributed by atoms with van der Waals surface area (Å²) in [5, 5.41) is 5.01. The summed E-state index contributed by atoms with van der Waals surface area (Å²) in [6.45, 7) is 3.89. The monoisotopic (exact) mass is 348 g/mol. The lowest BCUT2D eigenvalue weighted by molar-refractivity contribution is -0.140. The van der Waals surface area contributed by atoms with Crippen LogP contribution in [0.25, 0.3) is 0 Å². The summed E-state index contributed by atoms with van der Waals surface area (Å²) in [4.78, 5) is 28.0. The van der Waals surface area contributed by atoms with Gasteiger partial charge < -0.3 is 10.2 Å². The molecule has 0 radical (unpaired) electrons. The minimum atomic E-state index is -0.289. The highest BCUT2D eigenvalue weighted by molar-refractivity contribution is 7.10. The van der Waals surface area contributed by atoms with Crippen molar-refractivity contribution in [3.63, 3.8) is 0 Å². The van der Waals surface area contributed by atoms with Gasteiger partial charge >= 0.3 is 0 Å². The molecule has 1 aliphatic heterocycles. The molecule has 1 atom stereocenters. The molecule has 2 heterocycles. The van der Waals surface area contributed by atoms with Crippen LogP contribution >= 0.6 is 11.3 Å². The minimum absolute atomic E-state index is 0.0146. The van der Waals surface area contributed by atoms with Crippen LogP contribution in [0, 0.1) is 5.92 Å². The second kappa shape index (κ2) is 7.68. The van der Waals surface area contributed by atoms with Crippen molar-refractivity contribution >= 4 is 23.2 Å². The molecule has 2 amide bonds. The summed E-state index contributed by atoms with van der Waals surface area (Å²) in [6.07, 6.45) is 7.64. The van der Waals surface area contributed by atoms with Gasteiger partial charge in [-0.2, -0.15) is 0 Å². The maximum atomic E-state index is 13.5. The van der Waals surface area contributed by atoms with Crippen molar-refractivity contribution in [3.8, 4) is 0 Å². The zero-order valence-corrected chi connectivity index (χ0v) is 15.4. The standard InChI is InChI=1S/C19H28N2O2S/c1-15(22)20-13-16-7-5-11-21(14-16)18(23)19(9-3-2-4-10-19)17-8-6-12-24-17/h6,8,12,16H,2-5,7,9-11,13-14H2,1H3,(H,20,22). The van der Waals surface area contributed by atoms with Gasteiger partial charge in [-0.1, -0.05) is 25.3 Å². The molecule has 24 heavy (non-hydrogen) atoms. The van der Waals surface area contributed by atoms with Crippen LogP contribution in [-0.2, 0) is 15.0 Å². The Labute approximate surface area is 148 Å². The molecule has 0 spiro atoms. The number of amides is 2. The fourth-order valence-electron chi connectivity index (χ4n) is 4.28. The van der Waals surface area contributed by atoms with Gasteiger partial charge in [-0.3, -0.25) is 9.59 Å². The largest absolute Gasteiger partial charge is 0.356 e. The highest BCUT2D eigenvalue weighted by atomic mass is 32.1. The first kappa shape index (κ1) is 17.5. The second-order valence-electron chi connectivity index (χ2n) is 7.32. The summed E-state index contributed by atoms with van der Waals surface area (Å²) in [7, 11) is 0. The van der Waals surface area contributed by atoms with Crippen LogP contribution in [0.1, 0.15) is 56.7 Å². The Bertz CT molecular complexity index is 564. The van der Waals surface area contributed by atoms with Crippen LogP contribution in [0.4, 0.5) is 0 Å². The van der Waals surface area contributed by atoms with E-state index in [1.54, 1.807) is 18.3 Å². The molecule has 1 aromatic heterocycles. The highest BCUT2D eigenvalue weighted by Crippen LogP contribution is 2.43. The van der Waals surface area contributed by atoms with Gasteiger partial charge in [-0.25, -0.2) is 0 Å². The minimum Gasteiger partial charge on any atom is -0.356 e. The predicted molar refractivity (Wildman–Crippen MR) is 97.1 cm³/mol. The third-order valence-electron chi connectivity index (χ3n) is 5.56. The van der Waals surface area contributed by atoms with Crippen molar-refractivity contribution in [1.29, 1.82) is 0 Å². The summed E-state index contributed by atoms with van der Waals surface area (Å²) in [5.74, 6) is 0.730. The lowest BCUT2D eigenvalue weighted by Crippen LogP contribution is -2.52. The number of thiophene rings is 1. The average Bonchev–Trinajstić information content (AvgIpc) is 3.15. The third kappa shape index (κ3) is 3.66. The Kier molecular flexibility index (Phi) is 5.59. The Morgan fingerprint density at radius 2 is 2.08 bits per heavy atom. The number of carbonyl (C=O) groups is 2. The molecule has 5 heteroatoms. The number of rotatable bonds is 4. The van der Waals surface area contributed by atoms with Crippen molar-refractivity contribution in [2.75, 3.05) is 19.6 Å². The molecule has 0 aromatic carbocycles. The first-order chi connectivity index (χ1) is 11.6. The lowest BCUT2D eigenvalue weighted by atomic mass is 9.71. The van der Waals surface area contributed by atoms with Gasteiger partial charge in [0.2, 0.25) is 11.8 Å². The first-order valence-electron chi connectivity index (χ1n) is 9.19. The van der Waals surface area contributed by atoms with Crippen molar-refractivity contribution in [3.05, 3.63) is 22.4 Å². The Balaban J connectivity index is 1.74. The van der Waals surface area contributed by atoms with Gasteiger partial charge in [-0.05, 0) is 43.0 Å². The molecule has 132 valence electrons. The van der Waals surface area contributed by atoms with Crippen LogP contribution in [0.15, 0.2) is 17.5 Å². The van der Waals surface area contributed by atoms with E-state index >= 15 is 0 Å². The lowest BCUT2D eigenvalue weighted by Gasteiger charge is -2.42. The van der Waals surface area contributed by atoms with E-state index in [-0.39, 0.29) is 11.3 Å². The molecule has 0 bridgehead atoms. The van der Waals surface area contributed by atoms with E-state index in [1.807, 2.05) is 0 Å². The molecule has 1 saturated heterocycles. The first-order valence-corrected chi connectivity index (χ1v) is 10.1. The van der Waals surface area contributed by atoms with Gasteiger partial charge in [-0.15, -0.1) is 11.3 Å². The second-order valence-corrected chi connectivity index (χ2v) is 8.26. The third-order valence-corrected chi connectivity index (χ3v) is 6.63. The number of nitrogens with zero attached hydrogens (tertiary/aromatic N) is 1. The van der Waals surface area contributed by atoms with Gasteiger partial charge in [0.25, 0.3) is 0 Å². The fraction of sp³-hybridized carbons (Fsp3) is 0.684. The average molecular weight is 349 g/mol. The van der Waals surface area contributed by atoms with E-state index < -0.39 is 0 Å². The normalized spacial score (nSPS) is 23.7. The number of hydrogen-bond donors (Lipinski definition) is 1. The van der Waals surface area contributed by atoms with Crippen LogP contribution < -0.4 is 5.32 Å². The number of nitrogens with one attached hydrogen (secondary N) is 1. The molecule has 2 aliphatic rings. The molecule has 1 aliphatic carbocycles. The van der Waals surface area contributed by atoms with Crippen molar-refractivity contribution in [2.24, 2.45) is 5.92 Å². The molecule has 4 nitrogen and oxygen atoms in total. The SMILES string of the molecule is CC(=O)NCC1CCCN(C(=O)C2(c3cccs3)CCCCC2)C1. The van der Waals surface area contributed by atoms with E-state index in [4.69, 9.17) is 0 Å². The molecule has 1 unspecified atom stereocenters. The molecule has 1 N–H and O–H groups in total. The number of hydrogen-bond acceptors (Lipinski definition) is 3. The smallest absolute Gasteiger partial charge is 0.234 e. The Morgan fingerprint density at radius 3 is 2.75 bits per heavy atom. The molecular formula is C19H28N2O2S. The van der Waals surface area contributed by atoms with Crippen molar-refractivity contribution < 1.29 is 9.59 Å². The van der Waals surface area contributed by atoms with Crippen LogP contribution in [0.2, 0.25) is 0 Å². The number of piperidine rings is 1. The molecule has 1 saturated carbocycles. The Hall–Kier alpha value is -1.36. The van der Waals surface area contributed by atoms with Crippen LogP contribution in [0.3, 0.4) is 0 Å². The van der Waals surface area contributed by atoms with E-state index in [9.17, 15) is 9.59 Å². The topological polar surface area (TPSA) is 49.4 Å². The zero-order chi connectivity index (χ0) is 17.0. The number of likely N-dealkylation sites (tertiary alicyclic amines) is 1. The molecule has 1 aromatic rings. The molecular weight excluding hydrogens is 320 g/mol. The quantitative estimate of drug-likeness (QED) is 0.907. The van der Waals surface area contributed by atoms with Gasteiger partial charge in [0.15, 0.2) is 0 Å². The van der Waals surface area contributed by atoms with Gasteiger partial charge in [0.05, 0.1) is 5.41 Å². The van der Waals surface area contributed by atoms with Crippen molar-refractivity contribution in [2.45, 2.75) is 57.3 Å². The van der Waals surface area contributed by atoms with Gasteiger partial charge in [0, 0.05) is 31.4 Å². The molecule has 3 rings (SSSR count). The van der Waals surface area contributed by atoms with Crippen LogP contribution in [-0.4, -0.2) is 36.3 Å². The van der Waals surface area contributed by atoms with E-state index in [1.165, 1.54) is 11.3 Å². The highest BCUT2D eigenvalue weighted by Gasteiger charge is 2.45. The summed E-state index contributed by atoms with van der Waals surface area (Å²) < 4.78 is 0. The predicted octanol–water partition coefficient (Wildman–Crippen LogP) is 3.32. The number of carbonyl (C=O) groups excluding carboxylic acids is 2.